The number of thioether (sulfide) groups is 1. The van der Waals surface area contributed by atoms with E-state index in [0.717, 1.165) is 16.3 Å². The number of hydrogen-bond donors (Lipinski definition) is 0. The molecule has 0 aliphatic heterocycles. The molecule has 0 aliphatic carbocycles. The van der Waals surface area contributed by atoms with Gasteiger partial charge in [0.05, 0.1) is 0 Å². The van der Waals surface area contributed by atoms with Gasteiger partial charge in [0.15, 0.2) is 0 Å². The molecule has 0 radical (unpaired) electrons. The number of halogens is 1. The number of aryl methyl sites for hydroxylation is 2. The molecule has 1 aromatic carbocycles. The molecular weight excluding hydrogens is 252 g/mol. The zero-order valence-corrected chi connectivity index (χ0v) is 11.3. The zero-order chi connectivity index (χ0) is 12.3. The van der Waals surface area contributed by atoms with Crippen LogP contribution in [-0.2, 0) is 5.75 Å². The predicted molar refractivity (Wildman–Crippen MR) is 72.5 cm³/mol. The molecule has 2 aromatic rings. The van der Waals surface area contributed by atoms with E-state index in [0.29, 0.717) is 5.28 Å². The van der Waals surface area contributed by atoms with Crippen molar-refractivity contribution in [1.29, 1.82) is 0 Å². The summed E-state index contributed by atoms with van der Waals surface area (Å²) in [6, 6.07) is 8.48. The van der Waals surface area contributed by atoms with Crippen molar-refractivity contribution in [2.24, 2.45) is 0 Å². The SMILES string of the molecule is Cc1cccc(CSc2nc(Cl)ncc2C)c1. The first-order valence-corrected chi connectivity index (χ1v) is 6.69. The number of aromatic nitrogens is 2. The molecule has 17 heavy (non-hydrogen) atoms. The maximum atomic E-state index is 5.79. The molecule has 1 aromatic heterocycles. The molecule has 0 bridgehead atoms. The minimum Gasteiger partial charge on any atom is -0.226 e. The van der Waals surface area contributed by atoms with Crippen molar-refractivity contribution in [3.05, 3.63) is 52.4 Å². The third-order valence-electron chi connectivity index (χ3n) is 2.35. The molecule has 0 saturated heterocycles. The van der Waals surface area contributed by atoms with Gasteiger partial charge in [-0.2, -0.15) is 0 Å². The van der Waals surface area contributed by atoms with Crippen LogP contribution in [0, 0.1) is 13.8 Å². The summed E-state index contributed by atoms with van der Waals surface area (Å²) in [5.41, 5.74) is 3.64. The fourth-order valence-corrected chi connectivity index (χ4v) is 2.60. The van der Waals surface area contributed by atoms with E-state index in [1.54, 1.807) is 18.0 Å². The van der Waals surface area contributed by atoms with E-state index >= 15 is 0 Å². The van der Waals surface area contributed by atoms with Crippen LogP contribution < -0.4 is 0 Å². The quantitative estimate of drug-likeness (QED) is 0.475. The Balaban J connectivity index is 2.09. The van der Waals surface area contributed by atoms with Gasteiger partial charge in [0.1, 0.15) is 5.03 Å². The highest BCUT2D eigenvalue weighted by molar-refractivity contribution is 7.98. The van der Waals surface area contributed by atoms with Crippen molar-refractivity contribution in [3.8, 4) is 0 Å². The molecule has 0 amide bonds. The minimum absolute atomic E-state index is 0.308. The fourth-order valence-electron chi connectivity index (χ4n) is 1.51. The average molecular weight is 265 g/mol. The molecule has 0 aliphatic rings. The second-order valence-electron chi connectivity index (χ2n) is 3.90. The molecule has 0 fully saturated rings. The van der Waals surface area contributed by atoms with Gasteiger partial charge in [-0.15, -0.1) is 11.8 Å². The van der Waals surface area contributed by atoms with E-state index in [9.17, 15) is 0 Å². The third kappa shape index (κ3) is 3.45. The lowest BCUT2D eigenvalue weighted by Crippen LogP contribution is -1.90. The second-order valence-corrected chi connectivity index (χ2v) is 5.21. The Morgan fingerprint density at radius 1 is 1.29 bits per heavy atom. The molecule has 0 N–H and O–H groups in total. The van der Waals surface area contributed by atoms with Crippen LogP contribution in [0.25, 0.3) is 0 Å². The van der Waals surface area contributed by atoms with Crippen molar-refractivity contribution < 1.29 is 0 Å². The van der Waals surface area contributed by atoms with Gasteiger partial charge >= 0.3 is 0 Å². The summed E-state index contributed by atoms with van der Waals surface area (Å²) in [7, 11) is 0. The molecule has 0 atom stereocenters. The monoisotopic (exact) mass is 264 g/mol. The van der Waals surface area contributed by atoms with Gasteiger partial charge in [0, 0.05) is 11.9 Å². The molecule has 0 unspecified atom stereocenters. The molecule has 0 spiro atoms. The lowest BCUT2D eigenvalue weighted by atomic mass is 10.2. The van der Waals surface area contributed by atoms with Crippen molar-refractivity contribution in [3.63, 3.8) is 0 Å². The number of hydrogen-bond acceptors (Lipinski definition) is 3. The summed E-state index contributed by atoms with van der Waals surface area (Å²) in [6.07, 6.45) is 1.76. The van der Waals surface area contributed by atoms with Gasteiger partial charge in [0.2, 0.25) is 5.28 Å². The first-order chi connectivity index (χ1) is 8.15. The van der Waals surface area contributed by atoms with Gasteiger partial charge in [-0.05, 0) is 36.6 Å². The largest absolute Gasteiger partial charge is 0.226 e. The van der Waals surface area contributed by atoms with E-state index in [1.807, 2.05) is 6.92 Å². The van der Waals surface area contributed by atoms with E-state index < -0.39 is 0 Å². The predicted octanol–water partition coefficient (Wildman–Crippen LogP) is 4.04. The molecule has 1 heterocycles. The standard InChI is InChI=1S/C13H13ClN2S/c1-9-4-3-5-11(6-9)8-17-12-10(2)7-15-13(14)16-12/h3-7H,8H2,1-2H3. The summed E-state index contributed by atoms with van der Waals surface area (Å²) in [5.74, 6) is 0.899. The normalized spacial score (nSPS) is 10.5. The smallest absolute Gasteiger partial charge is 0.223 e. The number of rotatable bonds is 3. The Kier molecular flexibility index (Phi) is 4.02. The molecule has 2 rings (SSSR count). The minimum atomic E-state index is 0.308. The third-order valence-corrected chi connectivity index (χ3v) is 3.70. The van der Waals surface area contributed by atoms with Crippen LogP contribution in [0.5, 0.6) is 0 Å². The summed E-state index contributed by atoms with van der Waals surface area (Å²) in [6.45, 7) is 4.09. The molecule has 2 nitrogen and oxygen atoms in total. The van der Waals surface area contributed by atoms with Gasteiger partial charge in [-0.1, -0.05) is 29.8 Å². The maximum Gasteiger partial charge on any atom is 0.223 e. The highest BCUT2D eigenvalue weighted by atomic mass is 35.5. The Hall–Kier alpha value is -1.06. The number of benzene rings is 1. The Morgan fingerprint density at radius 2 is 2.12 bits per heavy atom. The van der Waals surface area contributed by atoms with E-state index in [4.69, 9.17) is 11.6 Å². The Labute approximate surface area is 110 Å². The van der Waals surface area contributed by atoms with Crippen molar-refractivity contribution >= 4 is 23.4 Å². The first-order valence-electron chi connectivity index (χ1n) is 5.32. The summed E-state index contributed by atoms with van der Waals surface area (Å²) in [5, 5.41) is 1.26. The Morgan fingerprint density at radius 3 is 2.88 bits per heavy atom. The van der Waals surface area contributed by atoms with Crippen LogP contribution in [0.4, 0.5) is 0 Å². The van der Waals surface area contributed by atoms with Gasteiger partial charge in [-0.25, -0.2) is 9.97 Å². The first kappa shape index (κ1) is 12.4. The van der Waals surface area contributed by atoms with Crippen molar-refractivity contribution in [2.75, 3.05) is 0 Å². The fraction of sp³-hybridized carbons (Fsp3) is 0.231. The topological polar surface area (TPSA) is 25.8 Å². The lowest BCUT2D eigenvalue weighted by molar-refractivity contribution is 1.00. The summed E-state index contributed by atoms with van der Waals surface area (Å²) in [4.78, 5) is 8.18. The molecule has 4 heteroatoms. The highest BCUT2D eigenvalue weighted by Gasteiger charge is 2.04. The van der Waals surface area contributed by atoms with Crippen LogP contribution >= 0.6 is 23.4 Å². The second kappa shape index (κ2) is 5.52. The molecule has 0 saturated carbocycles. The van der Waals surface area contributed by atoms with Gasteiger partial charge in [0.25, 0.3) is 0 Å². The van der Waals surface area contributed by atoms with E-state index in [1.165, 1.54) is 11.1 Å². The van der Waals surface area contributed by atoms with Crippen molar-refractivity contribution in [2.45, 2.75) is 24.6 Å². The van der Waals surface area contributed by atoms with E-state index in [-0.39, 0.29) is 0 Å². The van der Waals surface area contributed by atoms with Crippen molar-refractivity contribution in [1.82, 2.24) is 9.97 Å². The maximum absolute atomic E-state index is 5.79. The highest BCUT2D eigenvalue weighted by Crippen LogP contribution is 2.24. The van der Waals surface area contributed by atoms with Gasteiger partial charge in [-0.3, -0.25) is 0 Å². The van der Waals surface area contributed by atoms with Gasteiger partial charge < -0.3 is 0 Å². The zero-order valence-electron chi connectivity index (χ0n) is 9.77. The summed E-state index contributed by atoms with van der Waals surface area (Å²) < 4.78 is 0. The van der Waals surface area contributed by atoms with Crippen LogP contribution in [0.15, 0.2) is 35.5 Å². The summed E-state index contributed by atoms with van der Waals surface area (Å²) >= 11 is 7.48. The van der Waals surface area contributed by atoms with E-state index in [2.05, 4.69) is 41.2 Å². The average Bonchev–Trinajstić information content (AvgIpc) is 2.30. The van der Waals surface area contributed by atoms with Crippen LogP contribution in [0.2, 0.25) is 5.28 Å². The molecular formula is C13H13ClN2S. The lowest BCUT2D eigenvalue weighted by Gasteiger charge is -2.05. The van der Waals surface area contributed by atoms with Crippen LogP contribution in [-0.4, -0.2) is 9.97 Å². The molecule has 88 valence electrons. The van der Waals surface area contributed by atoms with Crippen LogP contribution in [0.1, 0.15) is 16.7 Å². The Bertz CT molecular complexity index is 529. The van der Waals surface area contributed by atoms with Crippen LogP contribution in [0.3, 0.4) is 0 Å². The number of nitrogens with zero attached hydrogens (tertiary/aromatic N) is 2.